The number of benzene rings is 2. The van der Waals surface area contributed by atoms with E-state index in [4.69, 9.17) is 4.74 Å². The summed E-state index contributed by atoms with van der Waals surface area (Å²) in [6, 6.07) is 15.6. The minimum Gasteiger partial charge on any atom is -0.438 e. The second-order valence-corrected chi connectivity index (χ2v) is 11.8. The summed E-state index contributed by atoms with van der Waals surface area (Å²) in [6.07, 6.45) is 4.95. The van der Waals surface area contributed by atoms with E-state index < -0.39 is 11.7 Å². The number of aromatic nitrogens is 3. The molecule has 0 radical (unpaired) electrons. The predicted molar refractivity (Wildman–Crippen MR) is 171 cm³/mol. The predicted octanol–water partition coefficient (Wildman–Crippen LogP) is 6.97. The molecule has 0 bridgehead atoms. The molecule has 0 saturated carbocycles. The molecular formula is C34H41FN6O2. The summed E-state index contributed by atoms with van der Waals surface area (Å²) in [4.78, 5) is 31.1. The van der Waals surface area contributed by atoms with Gasteiger partial charge in [-0.1, -0.05) is 33.8 Å². The number of nitrogens with zero attached hydrogens (tertiary/aromatic N) is 5. The summed E-state index contributed by atoms with van der Waals surface area (Å²) in [7, 11) is 6.09. The van der Waals surface area contributed by atoms with Crippen LogP contribution in [-0.4, -0.2) is 60.0 Å². The van der Waals surface area contributed by atoms with Crippen LogP contribution in [0.5, 0.6) is 11.6 Å². The quantitative estimate of drug-likeness (QED) is 0.204. The molecule has 2 aromatic heterocycles. The minimum absolute atomic E-state index is 0.132. The maximum Gasteiger partial charge on any atom is 0.258 e. The SMILES string of the molecule is CCc1nccc(-c2cccnc2Oc2ccc(F)c(C(=O)Nc3cc(C(C)(C)C)ccc3N(C)CCCN(C)C)c2)n1. The van der Waals surface area contributed by atoms with Crippen molar-refractivity contribution in [1.29, 1.82) is 0 Å². The number of amides is 1. The number of nitrogens with one attached hydrogen (secondary N) is 1. The summed E-state index contributed by atoms with van der Waals surface area (Å²) in [5.74, 6) is 0.0525. The molecule has 2 aromatic carbocycles. The first-order valence-electron chi connectivity index (χ1n) is 14.5. The first-order chi connectivity index (χ1) is 20.5. The molecular weight excluding hydrogens is 543 g/mol. The summed E-state index contributed by atoms with van der Waals surface area (Å²) in [5.41, 5.74) is 3.60. The van der Waals surface area contributed by atoms with E-state index in [9.17, 15) is 4.79 Å². The third-order valence-corrected chi connectivity index (χ3v) is 7.09. The monoisotopic (exact) mass is 584 g/mol. The van der Waals surface area contributed by atoms with Crippen molar-refractivity contribution in [2.75, 3.05) is 44.4 Å². The van der Waals surface area contributed by atoms with Gasteiger partial charge in [-0.25, -0.2) is 19.3 Å². The molecule has 9 heteroatoms. The summed E-state index contributed by atoms with van der Waals surface area (Å²) >= 11 is 0. The van der Waals surface area contributed by atoms with Gasteiger partial charge in [0.15, 0.2) is 0 Å². The van der Waals surface area contributed by atoms with Crippen LogP contribution in [0, 0.1) is 5.82 Å². The Labute approximate surface area is 254 Å². The van der Waals surface area contributed by atoms with Crippen molar-refractivity contribution in [3.63, 3.8) is 0 Å². The van der Waals surface area contributed by atoms with Crippen molar-refractivity contribution in [2.24, 2.45) is 0 Å². The first kappa shape index (κ1) is 31.6. The fraction of sp³-hybridized carbons (Fsp3) is 0.353. The lowest BCUT2D eigenvalue weighted by Gasteiger charge is -2.26. The summed E-state index contributed by atoms with van der Waals surface area (Å²) in [5, 5.41) is 2.98. The molecule has 4 rings (SSSR count). The van der Waals surface area contributed by atoms with E-state index in [1.807, 2.05) is 46.3 Å². The van der Waals surface area contributed by atoms with Gasteiger partial charge in [0.2, 0.25) is 5.88 Å². The lowest BCUT2D eigenvalue weighted by Crippen LogP contribution is -2.25. The molecule has 0 fully saturated rings. The zero-order valence-electron chi connectivity index (χ0n) is 26.1. The van der Waals surface area contributed by atoms with Gasteiger partial charge >= 0.3 is 0 Å². The molecule has 0 aliphatic heterocycles. The van der Waals surface area contributed by atoms with Crippen LogP contribution in [0.15, 0.2) is 67.0 Å². The smallest absolute Gasteiger partial charge is 0.258 e. The van der Waals surface area contributed by atoms with Gasteiger partial charge in [-0.2, -0.15) is 0 Å². The number of hydrogen-bond acceptors (Lipinski definition) is 7. The Morgan fingerprint density at radius 1 is 0.977 bits per heavy atom. The number of carbonyl (C=O) groups excluding carboxylic acids is 1. The van der Waals surface area contributed by atoms with E-state index in [-0.39, 0.29) is 16.7 Å². The van der Waals surface area contributed by atoms with Gasteiger partial charge in [0.05, 0.1) is 28.2 Å². The number of ether oxygens (including phenoxy) is 1. The van der Waals surface area contributed by atoms with Gasteiger partial charge in [-0.3, -0.25) is 4.79 Å². The Hall–Kier alpha value is -4.37. The molecule has 0 aliphatic rings. The first-order valence-corrected chi connectivity index (χ1v) is 14.5. The number of pyridine rings is 1. The highest BCUT2D eigenvalue weighted by molar-refractivity contribution is 6.06. The van der Waals surface area contributed by atoms with Crippen LogP contribution < -0.4 is 15.0 Å². The number of hydrogen-bond donors (Lipinski definition) is 1. The molecule has 4 aromatic rings. The van der Waals surface area contributed by atoms with Crippen LogP contribution in [0.3, 0.4) is 0 Å². The van der Waals surface area contributed by atoms with Crippen molar-refractivity contribution in [2.45, 2.75) is 46.0 Å². The standard InChI is InChI=1S/C34H41FN6O2/c1-8-31-36-18-16-28(38-31)25-11-9-17-37-33(25)43-24-13-14-27(35)26(22-24)32(42)39-29-21-23(34(2,3)4)12-15-30(29)41(7)20-10-19-40(5)6/h9,11-18,21-22H,8,10,19-20H2,1-7H3,(H,39,42). The van der Waals surface area contributed by atoms with Gasteiger partial charge in [-0.05, 0) is 86.6 Å². The lowest BCUT2D eigenvalue weighted by atomic mass is 9.86. The zero-order chi connectivity index (χ0) is 31.1. The lowest BCUT2D eigenvalue weighted by molar-refractivity contribution is 0.102. The van der Waals surface area contributed by atoms with Crippen molar-refractivity contribution >= 4 is 17.3 Å². The van der Waals surface area contributed by atoms with E-state index in [0.717, 1.165) is 30.8 Å². The molecule has 0 aliphatic carbocycles. The molecule has 43 heavy (non-hydrogen) atoms. The van der Waals surface area contributed by atoms with E-state index in [1.165, 1.54) is 18.2 Å². The van der Waals surface area contributed by atoms with Gasteiger partial charge in [0, 0.05) is 32.4 Å². The Balaban J connectivity index is 1.62. The number of rotatable bonds is 11. The van der Waals surface area contributed by atoms with Crippen molar-refractivity contribution in [3.05, 3.63) is 89.8 Å². The highest BCUT2D eigenvalue weighted by Crippen LogP contribution is 2.34. The number of carbonyl (C=O) groups is 1. The average Bonchev–Trinajstić information content (AvgIpc) is 2.97. The Kier molecular flexibility index (Phi) is 10.1. The highest BCUT2D eigenvalue weighted by Gasteiger charge is 2.21. The van der Waals surface area contributed by atoms with E-state index in [0.29, 0.717) is 35.1 Å². The van der Waals surface area contributed by atoms with Crippen LogP contribution in [-0.2, 0) is 11.8 Å². The van der Waals surface area contributed by atoms with E-state index >= 15 is 4.39 Å². The van der Waals surface area contributed by atoms with Gasteiger partial charge < -0.3 is 19.9 Å². The third kappa shape index (κ3) is 8.14. The molecule has 0 saturated heterocycles. The maximum absolute atomic E-state index is 15.1. The normalized spacial score (nSPS) is 11.5. The van der Waals surface area contributed by atoms with Crippen molar-refractivity contribution in [3.8, 4) is 22.9 Å². The molecule has 0 spiro atoms. The Morgan fingerprint density at radius 2 is 1.77 bits per heavy atom. The minimum atomic E-state index is -0.651. The number of aryl methyl sites for hydroxylation is 1. The van der Waals surface area contributed by atoms with Crippen LogP contribution >= 0.6 is 0 Å². The number of halogens is 1. The molecule has 226 valence electrons. The maximum atomic E-state index is 15.1. The molecule has 0 atom stereocenters. The second-order valence-electron chi connectivity index (χ2n) is 11.8. The topological polar surface area (TPSA) is 83.5 Å². The van der Waals surface area contributed by atoms with Gasteiger partial charge in [0.25, 0.3) is 5.91 Å². The Bertz CT molecular complexity index is 1570. The summed E-state index contributed by atoms with van der Waals surface area (Å²) in [6.45, 7) is 10.1. The van der Waals surface area contributed by atoms with Crippen LogP contribution in [0.25, 0.3) is 11.3 Å². The van der Waals surface area contributed by atoms with Gasteiger partial charge in [-0.15, -0.1) is 0 Å². The second kappa shape index (κ2) is 13.7. The highest BCUT2D eigenvalue weighted by atomic mass is 19.1. The number of anilines is 2. The molecule has 1 N–H and O–H groups in total. The van der Waals surface area contributed by atoms with Crippen LogP contribution in [0.2, 0.25) is 0 Å². The van der Waals surface area contributed by atoms with Crippen molar-refractivity contribution < 1.29 is 13.9 Å². The van der Waals surface area contributed by atoms with E-state index in [1.54, 1.807) is 24.5 Å². The molecule has 0 unspecified atom stereocenters. The fourth-order valence-electron chi connectivity index (χ4n) is 4.61. The van der Waals surface area contributed by atoms with E-state index in [2.05, 4.69) is 56.9 Å². The molecule has 2 heterocycles. The zero-order valence-corrected chi connectivity index (χ0v) is 26.1. The largest absolute Gasteiger partial charge is 0.438 e. The van der Waals surface area contributed by atoms with Gasteiger partial charge in [0.1, 0.15) is 17.4 Å². The summed E-state index contributed by atoms with van der Waals surface area (Å²) < 4.78 is 21.2. The van der Waals surface area contributed by atoms with Crippen LogP contribution in [0.1, 0.15) is 55.9 Å². The molecule has 8 nitrogen and oxygen atoms in total. The van der Waals surface area contributed by atoms with Crippen LogP contribution in [0.4, 0.5) is 15.8 Å². The Morgan fingerprint density at radius 3 is 2.49 bits per heavy atom. The third-order valence-electron chi connectivity index (χ3n) is 7.09. The fourth-order valence-corrected chi connectivity index (χ4v) is 4.61. The molecule has 1 amide bonds. The average molecular weight is 585 g/mol. The van der Waals surface area contributed by atoms with Crippen molar-refractivity contribution in [1.82, 2.24) is 19.9 Å².